The summed E-state index contributed by atoms with van der Waals surface area (Å²) in [6.45, 7) is 3.57. The van der Waals surface area contributed by atoms with Gasteiger partial charge in [-0.3, -0.25) is 0 Å². The first-order valence-electron chi connectivity index (χ1n) is 10.3. The molecule has 164 valence electrons. The topological polar surface area (TPSA) is 113 Å². The summed E-state index contributed by atoms with van der Waals surface area (Å²) in [5, 5.41) is 16.0. The molecule has 0 bridgehead atoms. The van der Waals surface area contributed by atoms with E-state index < -0.39 is 0 Å². The van der Waals surface area contributed by atoms with E-state index in [-0.39, 0.29) is 6.09 Å². The minimum atomic E-state index is -0.280. The van der Waals surface area contributed by atoms with E-state index in [1.54, 1.807) is 34.6 Å². The first kappa shape index (κ1) is 21.7. The predicted octanol–water partition coefficient (Wildman–Crippen LogP) is 3.65. The average molecular weight is 460 g/mol. The number of ether oxygens (including phenoxy) is 1. The van der Waals surface area contributed by atoms with Crippen molar-refractivity contribution in [2.45, 2.75) is 41.7 Å². The quantitative estimate of drug-likeness (QED) is 0.491. The fourth-order valence-electron chi connectivity index (χ4n) is 3.50. The Bertz CT molecular complexity index is 927. The Morgan fingerprint density at radius 1 is 1.29 bits per heavy atom. The minimum absolute atomic E-state index is 0.280. The highest BCUT2D eigenvalue weighted by Crippen LogP contribution is 2.31. The molecule has 0 saturated carbocycles. The number of rotatable bonds is 8. The molecule has 4 rings (SSSR count). The molecule has 2 aromatic heterocycles. The van der Waals surface area contributed by atoms with Gasteiger partial charge in [0, 0.05) is 36.5 Å². The van der Waals surface area contributed by atoms with Gasteiger partial charge in [0.2, 0.25) is 5.16 Å². The normalized spacial score (nSPS) is 15.7. The van der Waals surface area contributed by atoms with Gasteiger partial charge in [-0.15, -0.1) is 10.2 Å². The molecule has 1 fully saturated rings. The third-order valence-electron chi connectivity index (χ3n) is 5.31. The molecule has 0 radical (unpaired) electrons. The van der Waals surface area contributed by atoms with Crippen molar-refractivity contribution < 1.29 is 9.53 Å². The number of benzene rings is 1. The maximum absolute atomic E-state index is 12.5. The minimum Gasteiger partial charge on any atom is -0.410 e. The number of hydrogen-bond donors (Lipinski definition) is 2. The molecule has 11 heteroatoms. The van der Waals surface area contributed by atoms with Crippen molar-refractivity contribution in [1.29, 1.82) is 0 Å². The van der Waals surface area contributed by atoms with Gasteiger partial charge < -0.3 is 14.6 Å². The summed E-state index contributed by atoms with van der Waals surface area (Å²) in [5.74, 6) is 2.02. The van der Waals surface area contributed by atoms with Crippen LogP contribution in [-0.4, -0.2) is 65.7 Å². The molecule has 3 aromatic rings. The van der Waals surface area contributed by atoms with Crippen LogP contribution < -0.4 is 4.74 Å². The highest BCUT2D eigenvalue weighted by atomic mass is 32.2. The van der Waals surface area contributed by atoms with Crippen LogP contribution in [0.5, 0.6) is 5.75 Å². The van der Waals surface area contributed by atoms with Crippen molar-refractivity contribution in [1.82, 2.24) is 35.5 Å². The van der Waals surface area contributed by atoms with Crippen LogP contribution in [-0.2, 0) is 6.42 Å². The number of amides is 1. The summed E-state index contributed by atoms with van der Waals surface area (Å²) in [6.07, 6.45) is 6.10. The van der Waals surface area contributed by atoms with E-state index in [9.17, 15) is 4.79 Å². The summed E-state index contributed by atoms with van der Waals surface area (Å²) >= 11 is 3.30. The largest absolute Gasteiger partial charge is 0.415 e. The lowest BCUT2D eigenvalue weighted by molar-refractivity contribution is 0.131. The molecular formula is C20H25N7O2S2. The number of tetrazole rings is 1. The highest BCUT2D eigenvalue weighted by Gasteiger charge is 2.28. The van der Waals surface area contributed by atoms with Gasteiger partial charge >= 0.3 is 6.09 Å². The number of likely N-dealkylation sites (tertiary alicyclic amines) is 1. The summed E-state index contributed by atoms with van der Waals surface area (Å²) in [6, 6.07) is 7.74. The van der Waals surface area contributed by atoms with Crippen LogP contribution in [0, 0.1) is 5.92 Å². The van der Waals surface area contributed by atoms with Gasteiger partial charge in [0.05, 0.1) is 0 Å². The number of aromatic amines is 2. The van der Waals surface area contributed by atoms with Gasteiger partial charge in [-0.2, -0.15) is 5.21 Å². The van der Waals surface area contributed by atoms with Crippen molar-refractivity contribution in [3.8, 4) is 5.75 Å². The predicted molar refractivity (Wildman–Crippen MR) is 119 cm³/mol. The lowest BCUT2D eigenvalue weighted by Gasteiger charge is -2.33. The summed E-state index contributed by atoms with van der Waals surface area (Å²) in [4.78, 5) is 21.6. The van der Waals surface area contributed by atoms with Gasteiger partial charge in [-0.05, 0) is 48.1 Å². The van der Waals surface area contributed by atoms with Gasteiger partial charge in [-0.25, -0.2) is 9.78 Å². The van der Waals surface area contributed by atoms with Crippen LogP contribution in [0.15, 0.2) is 47.0 Å². The number of carbonyl (C=O) groups is 1. The Balaban J connectivity index is 1.19. The lowest BCUT2D eigenvalue weighted by Crippen LogP contribution is -2.41. The molecular weight excluding hydrogens is 434 g/mol. The first-order chi connectivity index (χ1) is 15.2. The molecule has 1 aromatic carbocycles. The number of piperidine rings is 1. The molecule has 9 nitrogen and oxygen atoms in total. The van der Waals surface area contributed by atoms with E-state index in [0.717, 1.165) is 30.2 Å². The van der Waals surface area contributed by atoms with Crippen LogP contribution in [0.3, 0.4) is 0 Å². The fraction of sp³-hybridized carbons (Fsp3) is 0.450. The molecule has 1 aliphatic rings. The first-order valence-corrected chi connectivity index (χ1v) is 12.1. The number of thioether (sulfide) groups is 2. The van der Waals surface area contributed by atoms with Crippen LogP contribution in [0.2, 0.25) is 0 Å². The van der Waals surface area contributed by atoms with E-state index >= 15 is 0 Å². The third kappa shape index (κ3) is 6.23. The van der Waals surface area contributed by atoms with E-state index in [1.807, 2.05) is 30.5 Å². The zero-order valence-electron chi connectivity index (χ0n) is 17.2. The number of H-pyrrole nitrogens is 2. The Labute approximate surface area is 189 Å². The number of aryl methyl sites for hydroxylation is 1. The number of aromatic nitrogens is 6. The Morgan fingerprint density at radius 2 is 2.10 bits per heavy atom. The van der Waals surface area contributed by atoms with Gasteiger partial charge in [0.1, 0.15) is 5.75 Å². The molecule has 1 unspecified atom stereocenters. The standard InChI is InChI=1S/C20H25N7O2S2/c1-14(31-19-23-25-26-24-19)16-6-11-27(12-7-16)20(28)29-17-4-2-15(3-5-17)8-13-30-18-21-9-10-22-18/h2-5,9-10,14,16H,6-8,11-13H2,1H3,(H,21,22)(H,23,24,25,26). The van der Waals surface area contributed by atoms with Crippen LogP contribution >= 0.6 is 23.5 Å². The lowest BCUT2D eigenvalue weighted by atomic mass is 9.94. The molecule has 0 aliphatic carbocycles. The molecule has 1 atom stereocenters. The van der Waals surface area contributed by atoms with E-state index in [4.69, 9.17) is 4.74 Å². The zero-order chi connectivity index (χ0) is 21.5. The number of imidazole rings is 1. The zero-order valence-corrected chi connectivity index (χ0v) is 18.9. The van der Waals surface area contributed by atoms with Crippen molar-refractivity contribution in [2.75, 3.05) is 18.8 Å². The summed E-state index contributed by atoms with van der Waals surface area (Å²) < 4.78 is 5.58. The second-order valence-electron chi connectivity index (χ2n) is 7.35. The van der Waals surface area contributed by atoms with E-state index in [1.165, 1.54) is 5.56 Å². The molecule has 1 amide bonds. The molecule has 31 heavy (non-hydrogen) atoms. The van der Waals surface area contributed by atoms with Crippen molar-refractivity contribution in [2.24, 2.45) is 5.92 Å². The summed E-state index contributed by atoms with van der Waals surface area (Å²) in [5.41, 5.74) is 1.20. The van der Waals surface area contributed by atoms with Crippen molar-refractivity contribution in [3.63, 3.8) is 0 Å². The van der Waals surface area contributed by atoms with Crippen LogP contribution in [0.25, 0.3) is 0 Å². The van der Waals surface area contributed by atoms with E-state index in [0.29, 0.717) is 35.2 Å². The Hall–Kier alpha value is -2.53. The maximum atomic E-state index is 12.5. The third-order valence-corrected chi connectivity index (χ3v) is 7.36. The second kappa shape index (κ2) is 10.7. The molecule has 0 spiro atoms. The molecule has 2 N–H and O–H groups in total. The molecule has 3 heterocycles. The summed E-state index contributed by atoms with van der Waals surface area (Å²) in [7, 11) is 0. The number of nitrogens with zero attached hydrogens (tertiary/aromatic N) is 5. The second-order valence-corrected chi connectivity index (χ2v) is 9.77. The molecule has 1 aliphatic heterocycles. The van der Waals surface area contributed by atoms with Crippen molar-refractivity contribution in [3.05, 3.63) is 42.2 Å². The maximum Gasteiger partial charge on any atom is 0.415 e. The number of nitrogens with one attached hydrogen (secondary N) is 2. The number of carbonyl (C=O) groups excluding carboxylic acids is 1. The van der Waals surface area contributed by atoms with Gasteiger partial charge in [0.25, 0.3) is 0 Å². The van der Waals surface area contributed by atoms with E-state index in [2.05, 4.69) is 37.5 Å². The smallest absolute Gasteiger partial charge is 0.410 e. The Kier molecular flexibility index (Phi) is 7.47. The molecule has 1 saturated heterocycles. The monoisotopic (exact) mass is 459 g/mol. The Morgan fingerprint density at radius 3 is 2.77 bits per heavy atom. The number of hydrogen-bond acceptors (Lipinski definition) is 8. The fourth-order valence-corrected chi connectivity index (χ4v) is 5.30. The van der Waals surface area contributed by atoms with Crippen molar-refractivity contribution >= 4 is 29.6 Å². The van der Waals surface area contributed by atoms with Crippen LogP contribution in [0.1, 0.15) is 25.3 Å². The van der Waals surface area contributed by atoms with Crippen LogP contribution in [0.4, 0.5) is 4.79 Å². The SMILES string of the molecule is CC(Sc1nn[nH]n1)C1CCN(C(=O)Oc2ccc(CCSc3ncc[nH]3)cc2)CC1. The highest BCUT2D eigenvalue weighted by molar-refractivity contribution is 7.99. The van der Waals surface area contributed by atoms with Gasteiger partial charge in [-0.1, -0.05) is 42.6 Å². The average Bonchev–Trinajstić information content (AvgIpc) is 3.49. The van der Waals surface area contributed by atoms with Gasteiger partial charge in [0.15, 0.2) is 5.16 Å².